The van der Waals surface area contributed by atoms with Crippen molar-refractivity contribution >= 4 is 17.6 Å². The van der Waals surface area contributed by atoms with E-state index in [2.05, 4.69) is 70.2 Å². The van der Waals surface area contributed by atoms with E-state index in [1.54, 1.807) is 21.3 Å². The van der Waals surface area contributed by atoms with E-state index in [1.807, 2.05) is 37.5 Å². The van der Waals surface area contributed by atoms with Crippen molar-refractivity contribution in [2.45, 2.75) is 45.3 Å². The number of likely N-dealkylation sites (N-methyl/N-ethyl adjacent to an activating group) is 2. The zero-order valence-electron chi connectivity index (χ0n) is 28.8. The number of amides is 1. The minimum absolute atomic E-state index is 0.257. The van der Waals surface area contributed by atoms with Gasteiger partial charge in [0, 0.05) is 64.5 Å². The largest absolute Gasteiger partial charge is 0.497 e. The smallest absolute Gasteiger partial charge is 0.407 e. The van der Waals surface area contributed by atoms with Crippen LogP contribution in [0.3, 0.4) is 0 Å². The minimum Gasteiger partial charge on any atom is -0.497 e. The lowest BCUT2D eigenvalue weighted by Gasteiger charge is -2.35. The summed E-state index contributed by atoms with van der Waals surface area (Å²) in [4.78, 5) is 30.0. The number of aryl methyl sites for hydroxylation is 1. The predicted octanol–water partition coefficient (Wildman–Crippen LogP) is 6.43. The number of anilines is 2. The fourth-order valence-corrected chi connectivity index (χ4v) is 6.13. The van der Waals surface area contributed by atoms with Gasteiger partial charge in [0.2, 0.25) is 0 Å². The number of nitrogens with zero attached hydrogens (tertiary/aromatic N) is 6. The SMILES string of the molecule is COc1ccc(CN(Cc2ccc(OC)cc2)c2cnc(CN(C)CCN(C)C(=O)O)c(C3CCN(c4cccc(C)c4)CC3)n2)cc1. The lowest BCUT2D eigenvalue weighted by molar-refractivity contribution is 0.150. The van der Waals surface area contributed by atoms with E-state index in [4.69, 9.17) is 19.4 Å². The van der Waals surface area contributed by atoms with Crippen molar-refractivity contribution in [3.63, 3.8) is 0 Å². The van der Waals surface area contributed by atoms with Crippen LogP contribution in [0.25, 0.3) is 0 Å². The van der Waals surface area contributed by atoms with Gasteiger partial charge in [-0.3, -0.25) is 9.88 Å². The number of benzene rings is 3. The normalized spacial score (nSPS) is 13.4. The van der Waals surface area contributed by atoms with Gasteiger partial charge in [-0.15, -0.1) is 0 Å². The lowest BCUT2D eigenvalue weighted by atomic mass is 9.91. The van der Waals surface area contributed by atoms with Gasteiger partial charge in [-0.1, -0.05) is 36.4 Å². The van der Waals surface area contributed by atoms with Crippen LogP contribution >= 0.6 is 0 Å². The summed E-state index contributed by atoms with van der Waals surface area (Å²) in [6, 6.07) is 25.0. The van der Waals surface area contributed by atoms with Crippen molar-refractivity contribution in [3.8, 4) is 11.5 Å². The van der Waals surface area contributed by atoms with Crippen molar-refractivity contribution in [2.24, 2.45) is 0 Å². The summed E-state index contributed by atoms with van der Waals surface area (Å²) in [5.74, 6) is 2.73. The van der Waals surface area contributed by atoms with Crippen LogP contribution in [0.4, 0.5) is 16.3 Å². The fourth-order valence-electron chi connectivity index (χ4n) is 6.13. The van der Waals surface area contributed by atoms with E-state index in [-0.39, 0.29) is 5.92 Å². The third-order valence-electron chi connectivity index (χ3n) is 9.07. The Morgan fingerprint density at radius 1 is 0.875 bits per heavy atom. The van der Waals surface area contributed by atoms with Gasteiger partial charge in [0.1, 0.15) is 17.3 Å². The molecular formula is C38H48N6O4. The summed E-state index contributed by atoms with van der Waals surface area (Å²) in [6.45, 7) is 6.92. The van der Waals surface area contributed by atoms with Crippen molar-refractivity contribution in [2.75, 3.05) is 64.3 Å². The average Bonchev–Trinajstić information content (AvgIpc) is 3.11. The fraction of sp³-hybridized carbons (Fsp3) is 0.395. The number of carboxylic acid groups (broad SMARTS) is 1. The number of carbonyl (C=O) groups is 1. The summed E-state index contributed by atoms with van der Waals surface area (Å²) in [5.41, 5.74) is 6.80. The molecule has 0 radical (unpaired) electrons. The summed E-state index contributed by atoms with van der Waals surface area (Å²) in [5, 5.41) is 9.33. The average molecular weight is 653 g/mol. The number of hydrogen-bond acceptors (Lipinski definition) is 8. The Morgan fingerprint density at radius 2 is 1.48 bits per heavy atom. The van der Waals surface area contributed by atoms with Crippen molar-refractivity contribution in [3.05, 3.63) is 107 Å². The van der Waals surface area contributed by atoms with Crippen LogP contribution in [0.1, 0.15) is 46.8 Å². The molecule has 10 nitrogen and oxygen atoms in total. The van der Waals surface area contributed by atoms with Gasteiger partial charge < -0.3 is 29.3 Å². The molecule has 0 unspecified atom stereocenters. The molecule has 4 aromatic rings. The number of hydrogen-bond donors (Lipinski definition) is 1. The monoisotopic (exact) mass is 652 g/mol. The molecule has 0 atom stereocenters. The van der Waals surface area contributed by atoms with E-state index in [0.29, 0.717) is 32.7 Å². The van der Waals surface area contributed by atoms with E-state index >= 15 is 0 Å². The first kappa shape index (κ1) is 34.5. The van der Waals surface area contributed by atoms with Gasteiger partial charge in [0.15, 0.2) is 0 Å². The first-order valence-corrected chi connectivity index (χ1v) is 16.5. The number of ether oxygens (including phenoxy) is 2. The summed E-state index contributed by atoms with van der Waals surface area (Å²) in [6.07, 6.45) is 2.91. The molecule has 0 spiro atoms. The summed E-state index contributed by atoms with van der Waals surface area (Å²) < 4.78 is 10.8. The van der Waals surface area contributed by atoms with Gasteiger partial charge in [-0.2, -0.15) is 0 Å². The number of rotatable bonds is 14. The van der Waals surface area contributed by atoms with Gasteiger partial charge in [-0.05, 0) is 79.9 Å². The van der Waals surface area contributed by atoms with E-state index in [0.717, 1.165) is 65.8 Å². The van der Waals surface area contributed by atoms with Crippen molar-refractivity contribution < 1.29 is 19.4 Å². The van der Waals surface area contributed by atoms with Crippen LogP contribution in [0.15, 0.2) is 79.0 Å². The maximum atomic E-state index is 11.4. The zero-order chi connectivity index (χ0) is 34.0. The van der Waals surface area contributed by atoms with E-state index < -0.39 is 6.09 Å². The Balaban J connectivity index is 1.44. The Bertz CT molecular complexity index is 1570. The molecule has 2 heterocycles. The molecule has 48 heavy (non-hydrogen) atoms. The van der Waals surface area contributed by atoms with Crippen LogP contribution in [-0.2, 0) is 19.6 Å². The Labute approximate surface area is 284 Å². The Hall–Kier alpha value is -4.83. The molecule has 0 saturated carbocycles. The molecule has 254 valence electrons. The van der Waals surface area contributed by atoms with Gasteiger partial charge in [0.05, 0.1) is 31.8 Å². The second kappa shape index (κ2) is 16.3. The second-order valence-electron chi connectivity index (χ2n) is 12.7. The second-order valence-corrected chi connectivity index (χ2v) is 12.7. The molecule has 1 aromatic heterocycles. The minimum atomic E-state index is -0.928. The van der Waals surface area contributed by atoms with Gasteiger partial charge >= 0.3 is 6.09 Å². The third kappa shape index (κ3) is 9.16. The van der Waals surface area contributed by atoms with Crippen LogP contribution in [0.5, 0.6) is 11.5 Å². The molecule has 3 aromatic carbocycles. The van der Waals surface area contributed by atoms with Crippen LogP contribution < -0.4 is 19.3 Å². The highest BCUT2D eigenvalue weighted by atomic mass is 16.5. The molecule has 1 amide bonds. The molecular weight excluding hydrogens is 604 g/mol. The molecule has 0 aliphatic carbocycles. The van der Waals surface area contributed by atoms with E-state index in [9.17, 15) is 9.90 Å². The van der Waals surface area contributed by atoms with Gasteiger partial charge in [-0.25, -0.2) is 9.78 Å². The topological polar surface area (TPSA) is 94.5 Å². The van der Waals surface area contributed by atoms with Crippen LogP contribution in [-0.4, -0.2) is 85.5 Å². The standard InChI is InChI=1S/C38H48N6O4/c1-28-7-6-8-32(23-28)43-19-17-31(18-20-43)37-35(27-41(2)21-22-42(3)38(45)46)39-24-36(40-37)44(25-29-9-13-33(47-4)14-10-29)26-30-11-15-34(48-5)16-12-30/h6-16,23-24,31H,17-22,25-27H2,1-5H3,(H,45,46). The van der Waals surface area contributed by atoms with Crippen molar-refractivity contribution in [1.29, 1.82) is 0 Å². The van der Waals surface area contributed by atoms with Crippen molar-refractivity contribution in [1.82, 2.24) is 19.8 Å². The van der Waals surface area contributed by atoms with Crippen LogP contribution in [0, 0.1) is 6.92 Å². The van der Waals surface area contributed by atoms with E-state index in [1.165, 1.54) is 16.2 Å². The highest BCUT2D eigenvalue weighted by Gasteiger charge is 2.27. The third-order valence-corrected chi connectivity index (χ3v) is 9.07. The molecule has 10 heteroatoms. The Morgan fingerprint density at radius 3 is 2.02 bits per heavy atom. The molecule has 1 aliphatic rings. The first-order valence-electron chi connectivity index (χ1n) is 16.5. The van der Waals surface area contributed by atoms with Gasteiger partial charge in [0.25, 0.3) is 0 Å². The molecule has 1 fully saturated rings. The summed E-state index contributed by atoms with van der Waals surface area (Å²) in [7, 11) is 6.96. The quantitative estimate of drug-likeness (QED) is 0.165. The molecule has 5 rings (SSSR count). The van der Waals surface area contributed by atoms with Crippen LogP contribution in [0.2, 0.25) is 0 Å². The predicted molar refractivity (Wildman–Crippen MR) is 190 cm³/mol. The lowest BCUT2D eigenvalue weighted by Crippen LogP contribution is -2.35. The highest BCUT2D eigenvalue weighted by Crippen LogP contribution is 2.33. The number of piperidine rings is 1. The number of methoxy groups -OCH3 is 2. The number of aromatic nitrogens is 2. The molecule has 1 aliphatic heterocycles. The maximum absolute atomic E-state index is 11.4. The Kier molecular flexibility index (Phi) is 11.7. The molecule has 1 N–H and O–H groups in total. The zero-order valence-corrected chi connectivity index (χ0v) is 28.8. The molecule has 1 saturated heterocycles. The maximum Gasteiger partial charge on any atom is 0.407 e. The first-order chi connectivity index (χ1) is 23.2. The summed E-state index contributed by atoms with van der Waals surface area (Å²) >= 11 is 0. The molecule has 0 bridgehead atoms. The highest BCUT2D eigenvalue weighted by molar-refractivity contribution is 5.64.